The van der Waals surface area contributed by atoms with Gasteiger partial charge in [0.25, 0.3) is 0 Å². The van der Waals surface area contributed by atoms with Crippen molar-refractivity contribution in [2.75, 3.05) is 19.7 Å². The molecule has 0 radical (unpaired) electrons. The Hall–Kier alpha value is -2.72. The SMILES string of the molecule is C[C@H](COC(=O)N1CCC(O)(c2ccc(Cl)cc2)CC1)[C@@H](c1cc(F)ccc1F)S(=O)(=O)c1ccc(Cl)cc1. The summed E-state index contributed by atoms with van der Waals surface area (Å²) in [5.41, 5.74) is -0.790. The fourth-order valence-corrected chi connectivity index (χ4v) is 7.04. The van der Waals surface area contributed by atoms with Gasteiger partial charge in [0.2, 0.25) is 0 Å². The topological polar surface area (TPSA) is 83.9 Å². The quantitative estimate of drug-likeness (QED) is 0.334. The van der Waals surface area contributed by atoms with E-state index in [0.29, 0.717) is 15.6 Å². The van der Waals surface area contributed by atoms with Gasteiger partial charge in [-0.25, -0.2) is 22.0 Å². The van der Waals surface area contributed by atoms with Crippen LogP contribution in [0.4, 0.5) is 13.6 Å². The molecule has 0 spiro atoms. The largest absolute Gasteiger partial charge is 0.449 e. The molecule has 0 aliphatic carbocycles. The molecule has 1 N–H and O–H groups in total. The van der Waals surface area contributed by atoms with Gasteiger partial charge in [0, 0.05) is 34.6 Å². The molecule has 0 bridgehead atoms. The molecule has 3 aromatic carbocycles. The highest BCUT2D eigenvalue weighted by Crippen LogP contribution is 2.38. The normalized spacial score (nSPS) is 16.9. The van der Waals surface area contributed by atoms with E-state index in [1.165, 1.54) is 36.1 Å². The first kappa shape index (κ1) is 29.3. The van der Waals surface area contributed by atoms with Gasteiger partial charge in [-0.15, -0.1) is 0 Å². The van der Waals surface area contributed by atoms with Crippen molar-refractivity contribution in [1.29, 1.82) is 0 Å². The number of amides is 1. The maximum Gasteiger partial charge on any atom is 0.409 e. The molecule has 4 rings (SSSR count). The Labute approximate surface area is 236 Å². The second kappa shape index (κ2) is 11.8. The van der Waals surface area contributed by atoms with E-state index in [9.17, 15) is 27.1 Å². The fraction of sp³-hybridized carbons (Fsp3) is 0.321. The summed E-state index contributed by atoms with van der Waals surface area (Å²) in [7, 11) is -4.24. The summed E-state index contributed by atoms with van der Waals surface area (Å²) < 4.78 is 61.5. The molecule has 1 heterocycles. The smallest absolute Gasteiger partial charge is 0.409 e. The number of hydrogen-bond donors (Lipinski definition) is 1. The summed E-state index contributed by atoms with van der Waals surface area (Å²) in [5, 5.41) is 10.4. The number of piperidine rings is 1. The molecule has 1 fully saturated rings. The highest BCUT2D eigenvalue weighted by molar-refractivity contribution is 7.91. The molecule has 1 saturated heterocycles. The van der Waals surface area contributed by atoms with E-state index in [0.717, 1.165) is 18.2 Å². The van der Waals surface area contributed by atoms with E-state index >= 15 is 0 Å². The van der Waals surface area contributed by atoms with Crippen molar-refractivity contribution in [2.45, 2.75) is 35.5 Å². The number of likely N-dealkylation sites (tertiary alicyclic amines) is 1. The zero-order valence-corrected chi connectivity index (χ0v) is 23.3. The molecule has 1 amide bonds. The Morgan fingerprint density at radius 1 is 1.00 bits per heavy atom. The molecule has 1 aliphatic heterocycles. The van der Waals surface area contributed by atoms with E-state index < -0.39 is 44.3 Å². The lowest BCUT2D eigenvalue weighted by molar-refractivity contribution is -0.0258. The van der Waals surface area contributed by atoms with Crippen LogP contribution in [0.3, 0.4) is 0 Å². The second-order valence-electron chi connectivity index (χ2n) is 9.67. The maximum atomic E-state index is 14.8. The second-order valence-corrected chi connectivity index (χ2v) is 12.6. The third-order valence-corrected chi connectivity index (χ3v) is 9.78. The van der Waals surface area contributed by atoms with Gasteiger partial charge in [-0.05, 0) is 73.0 Å². The monoisotopic (exact) mass is 597 g/mol. The Morgan fingerprint density at radius 3 is 2.15 bits per heavy atom. The number of carbonyl (C=O) groups is 1. The van der Waals surface area contributed by atoms with Gasteiger partial charge >= 0.3 is 6.09 Å². The minimum absolute atomic E-state index is 0.128. The van der Waals surface area contributed by atoms with Crippen LogP contribution >= 0.6 is 23.2 Å². The zero-order chi connectivity index (χ0) is 28.4. The van der Waals surface area contributed by atoms with Crippen molar-refractivity contribution in [1.82, 2.24) is 4.90 Å². The van der Waals surface area contributed by atoms with E-state index in [1.807, 2.05) is 0 Å². The van der Waals surface area contributed by atoms with Crippen LogP contribution in [0.15, 0.2) is 71.6 Å². The zero-order valence-electron chi connectivity index (χ0n) is 21.0. The van der Waals surface area contributed by atoms with Crippen LogP contribution in [-0.2, 0) is 20.2 Å². The van der Waals surface area contributed by atoms with Gasteiger partial charge in [0.15, 0.2) is 9.84 Å². The summed E-state index contributed by atoms with van der Waals surface area (Å²) in [5.74, 6) is -2.63. The number of hydrogen-bond acceptors (Lipinski definition) is 5. The minimum Gasteiger partial charge on any atom is -0.449 e. The Balaban J connectivity index is 1.49. The summed E-state index contributed by atoms with van der Waals surface area (Å²) in [4.78, 5) is 14.1. The van der Waals surface area contributed by atoms with Crippen LogP contribution in [-0.4, -0.2) is 44.2 Å². The third-order valence-electron chi connectivity index (χ3n) is 6.96. The summed E-state index contributed by atoms with van der Waals surface area (Å²) in [6, 6.07) is 14.8. The van der Waals surface area contributed by atoms with Gasteiger partial charge < -0.3 is 14.7 Å². The average molecular weight is 598 g/mol. The molecule has 6 nitrogen and oxygen atoms in total. The van der Waals surface area contributed by atoms with Gasteiger partial charge in [-0.3, -0.25) is 0 Å². The van der Waals surface area contributed by atoms with E-state index in [1.54, 1.807) is 24.3 Å². The van der Waals surface area contributed by atoms with Crippen LogP contribution in [0.1, 0.15) is 36.1 Å². The van der Waals surface area contributed by atoms with Crippen LogP contribution in [0.2, 0.25) is 10.0 Å². The summed E-state index contributed by atoms with van der Waals surface area (Å²) in [6.07, 6.45) is -0.162. The minimum atomic E-state index is -4.24. The molecule has 1 aliphatic rings. The summed E-state index contributed by atoms with van der Waals surface area (Å²) in [6.45, 7) is 1.53. The van der Waals surface area contributed by atoms with Crippen LogP contribution in [0.25, 0.3) is 0 Å². The van der Waals surface area contributed by atoms with Crippen LogP contribution in [0, 0.1) is 17.6 Å². The number of sulfone groups is 1. The lowest BCUT2D eigenvalue weighted by Gasteiger charge is -2.38. The standard InChI is InChI=1S/C28H27Cl2F2NO5S/c1-18(17-38-27(34)33-14-12-28(35,13-15-33)19-2-4-20(29)5-3-19)26(24-16-22(31)8-11-25(24)32)39(36,37)23-9-6-21(30)7-10-23/h2-11,16,18,26,35H,12-15,17H2,1H3/t18-,26+/m1/s1. The molecular weight excluding hydrogens is 571 g/mol. The number of rotatable bonds is 7. The Morgan fingerprint density at radius 2 is 1.56 bits per heavy atom. The van der Waals surface area contributed by atoms with Crippen molar-refractivity contribution < 1.29 is 31.8 Å². The Kier molecular flexibility index (Phi) is 8.85. The van der Waals surface area contributed by atoms with Gasteiger partial charge in [-0.2, -0.15) is 0 Å². The molecular formula is C28H27Cl2F2NO5S. The molecule has 2 atom stereocenters. The highest BCUT2D eigenvalue weighted by atomic mass is 35.5. The number of benzene rings is 3. The number of aliphatic hydroxyl groups is 1. The number of carbonyl (C=O) groups excluding carboxylic acids is 1. The van der Waals surface area contributed by atoms with Gasteiger partial charge in [-0.1, -0.05) is 42.3 Å². The number of ether oxygens (including phenoxy) is 1. The molecule has 208 valence electrons. The molecule has 0 saturated carbocycles. The number of nitrogens with zero attached hydrogens (tertiary/aromatic N) is 1. The van der Waals surface area contributed by atoms with Crippen molar-refractivity contribution in [2.24, 2.45) is 5.92 Å². The lowest BCUT2D eigenvalue weighted by atomic mass is 9.84. The Bertz CT molecular complexity index is 1430. The first-order valence-electron chi connectivity index (χ1n) is 12.3. The molecule has 0 aromatic heterocycles. The van der Waals surface area contributed by atoms with E-state index in [2.05, 4.69) is 0 Å². The molecule has 11 heteroatoms. The molecule has 3 aromatic rings. The third kappa shape index (κ3) is 6.54. The lowest BCUT2D eigenvalue weighted by Crippen LogP contribution is -2.45. The van der Waals surface area contributed by atoms with Crippen molar-refractivity contribution in [3.8, 4) is 0 Å². The number of halogens is 4. The van der Waals surface area contributed by atoms with Gasteiger partial charge in [0.05, 0.1) is 22.4 Å². The first-order valence-corrected chi connectivity index (χ1v) is 14.6. The first-order chi connectivity index (χ1) is 18.4. The van der Waals surface area contributed by atoms with Gasteiger partial charge in [0.1, 0.15) is 11.6 Å². The fourth-order valence-electron chi connectivity index (χ4n) is 4.77. The van der Waals surface area contributed by atoms with Crippen molar-refractivity contribution in [3.63, 3.8) is 0 Å². The summed E-state index contributed by atoms with van der Waals surface area (Å²) >= 11 is 11.8. The maximum absolute atomic E-state index is 14.8. The molecule has 39 heavy (non-hydrogen) atoms. The predicted molar refractivity (Wildman–Crippen MR) is 144 cm³/mol. The van der Waals surface area contributed by atoms with Crippen LogP contribution < -0.4 is 0 Å². The van der Waals surface area contributed by atoms with Crippen LogP contribution in [0.5, 0.6) is 0 Å². The highest BCUT2D eigenvalue weighted by Gasteiger charge is 2.39. The average Bonchev–Trinajstić information content (AvgIpc) is 2.90. The van der Waals surface area contributed by atoms with E-state index in [4.69, 9.17) is 27.9 Å². The van der Waals surface area contributed by atoms with E-state index in [-0.39, 0.29) is 43.0 Å². The van der Waals surface area contributed by atoms with Crippen molar-refractivity contribution >= 4 is 39.1 Å². The predicted octanol–water partition coefficient (Wildman–Crippen LogP) is 6.54. The van der Waals surface area contributed by atoms with Crippen molar-refractivity contribution in [3.05, 3.63) is 99.5 Å². The molecule has 0 unspecified atom stereocenters.